The maximum atomic E-state index is 12.4. The average molecular weight is 350 g/mol. The molecule has 0 aliphatic heterocycles. The lowest BCUT2D eigenvalue weighted by molar-refractivity contribution is 0.0696. The molecule has 0 aliphatic rings. The molecule has 0 aliphatic carbocycles. The topological polar surface area (TPSA) is 84.9 Å². The molecule has 0 fully saturated rings. The Labute approximate surface area is 144 Å². The second-order valence-corrected chi connectivity index (χ2v) is 5.16. The molecule has 24 heavy (non-hydrogen) atoms. The van der Waals surface area contributed by atoms with Gasteiger partial charge >= 0.3 is 5.97 Å². The van der Waals surface area contributed by atoms with Crippen LogP contribution in [-0.2, 0) is 0 Å². The Morgan fingerprint density at radius 1 is 1.12 bits per heavy atom. The van der Waals surface area contributed by atoms with Crippen LogP contribution in [0.3, 0.4) is 0 Å². The van der Waals surface area contributed by atoms with Crippen molar-refractivity contribution in [3.63, 3.8) is 0 Å². The molecule has 0 saturated heterocycles. The Morgan fingerprint density at radius 3 is 2.38 bits per heavy atom. The van der Waals surface area contributed by atoms with Crippen molar-refractivity contribution in [3.8, 4) is 11.5 Å². The van der Waals surface area contributed by atoms with Gasteiger partial charge in [0.25, 0.3) is 5.91 Å². The SMILES string of the molecule is CCOc1ccc(C(=O)Nc2cc(C(=O)O)ccc2OC)cc1Cl. The number of anilines is 1. The van der Waals surface area contributed by atoms with Crippen LogP contribution in [0.4, 0.5) is 5.69 Å². The molecule has 0 unspecified atom stereocenters. The van der Waals surface area contributed by atoms with Gasteiger partial charge in [0, 0.05) is 5.56 Å². The van der Waals surface area contributed by atoms with E-state index in [1.807, 2.05) is 6.92 Å². The maximum Gasteiger partial charge on any atom is 0.335 e. The van der Waals surface area contributed by atoms with E-state index < -0.39 is 11.9 Å². The van der Waals surface area contributed by atoms with Gasteiger partial charge in [0.15, 0.2) is 0 Å². The van der Waals surface area contributed by atoms with Gasteiger partial charge in [-0.1, -0.05) is 11.6 Å². The molecule has 0 spiro atoms. The summed E-state index contributed by atoms with van der Waals surface area (Å²) in [5.74, 6) is -0.704. The number of benzene rings is 2. The number of carboxylic acids is 1. The van der Waals surface area contributed by atoms with Gasteiger partial charge in [0.1, 0.15) is 11.5 Å². The van der Waals surface area contributed by atoms with Gasteiger partial charge < -0.3 is 19.9 Å². The monoisotopic (exact) mass is 349 g/mol. The quantitative estimate of drug-likeness (QED) is 0.830. The number of ether oxygens (including phenoxy) is 2. The van der Waals surface area contributed by atoms with Gasteiger partial charge in [-0.05, 0) is 43.3 Å². The number of rotatable bonds is 6. The minimum absolute atomic E-state index is 0.0378. The molecule has 7 heteroatoms. The van der Waals surface area contributed by atoms with E-state index in [9.17, 15) is 9.59 Å². The summed E-state index contributed by atoms with van der Waals surface area (Å²) in [4.78, 5) is 23.4. The number of carbonyl (C=O) groups excluding carboxylic acids is 1. The van der Waals surface area contributed by atoms with E-state index in [-0.39, 0.29) is 11.3 Å². The van der Waals surface area contributed by atoms with Gasteiger partial charge in [-0.25, -0.2) is 4.79 Å². The number of halogens is 1. The molecule has 2 N–H and O–H groups in total. The Morgan fingerprint density at radius 2 is 1.79 bits per heavy atom. The third-order valence-electron chi connectivity index (χ3n) is 3.19. The van der Waals surface area contributed by atoms with E-state index in [1.54, 1.807) is 12.1 Å². The van der Waals surface area contributed by atoms with E-state index in [0.717, 1.165) is 0 Å². The number of nitrogens with one attached hydrogen (secondary N) is 1. The van der Waals surface area contributed by atoms with E-state index in [1.165, 1.54) is 31.4 Å². The molecule has 0 saturated carbocycles. The zero-order valence-electron chi connectivity index (χ0n) is 13.1. The minimum Gasteiger partial charge on any atom is -0.495 e. The molecule has 1 amide bonds. The summed E-state index contributed by atoms with van der Waals surface area (Å²) in [6.07, 6.45) is 0. The number of aromatic carboxylic acids is 1. The molecule has 0 atom stereocenters. The number of methoxy groups -OCH3 is 1. The molecule has 0 radical (unpaired) electrons. The summed E-state index contributed by atoms with van der Waals surface area (Å²) >= 11 is 6.07. The zero-order valence-corrected chi connectivity index (χ0v) is 13.9. The molecule has 0 heterocycles. The highest BCUT2D eigenvalue weighted by Crippen LogP contribution is 2.28. The number of hydrogen-bond donors (Lipinski definition) is 2. The first-order valence-electron chi connectivity index (χ1n) is 7.11. The summed E-state index contributed by atoms with van der Waals surface area (Å²) in [6, 6.07) is 8.85. The number of amides is 1. The first-order valence-corrected chi connectivity index (χ1v) is 7.49. The van der Waals surface area contributed by atoms with Crippen LogP contribution >= 0.6 is 11.6 Å². The van der Waals surface area contributed by atoms with Crippen molar-refractivity contribution in [1.82, 2.24) is 0 Å². The lowest BCUT2D eigenvalue weighted by Gasteiger charge is -2.12. The third kappa shape index (κ3) is 3.97. The molecule has 2 aromatic carbocycles. The molecular weight excluding hydrogens is 334 g/mol. The Hall–Kier alpha value is -2.73. The standard InChI is InChI=1S/C17H16ClNO5/c1-3-24-14-6-4-10(8-12(14)18)16(20)19-13-9-11(17(21)22)5-7-15(13)23-2/h4-9H,3H2,1-2H3,(H,19,20)(H,21,22). The van der Waals surface area contributed by atoms with Crippen LogP contribution < -0.4 is 14.8 Å². The van der Waals surface area contributed by atoms with Crippen molar-refractivity contribution >= 4 is 29.2 Å². The van der Waals surface area contributed by atoms with Crippen LogP contribution in [0.1, 0.15) is 27.6 Å². The molecular formula is C17H16ClNO5. The fraction of sp³-hybridized carbons (Fsp3) is 0.176. The van der Waals surface area contributed by atoms with Crippen LogP contribution in [0.15, 0.2) is 36.4 Å². The summed E-state index contributed by atoms with van der Waals surface area (Å²) in [5, 5.41) is 12.0. The van der Waals surface area contributed by atoms with Crippen molar-refractivity contribution in [3.05, 3.63) is 52.5 Å². The summed E-state index contributed by atoms with van der Waals surface area (Å²) in [7, 11) is 1.43. The highest BCUT2D eigenvalue weighted by Gasteiger charge is 2.14. The van der Waals surface area contributed by atoms with Crippen LogP contribution in [0.25, 0.3) is 0 Å². The number of carbonyl (C=O) groups is 2. The van der Waals surface area contributed by atoms with Crippen LogP contribution in [0.5, 0.6) is 11.5 Å². The van der Waals surface area contributed by atoms with Crippen LogP contribution in [0, 0.1) is 0 Å². The predicted molar refractivity (Wildman–Crippen MR) is 90.5 cm³/mol. The Balaban J connectivity index is 2.27. The van der Waals surface area contributed by atoms with Crippen LogP contribution in [0.2, 0.25) is 5.02 Å². The van der Waals surface area contributed by atoms with Crippen molar-refractivity contribution in [1.29, 1.82) is 0 Å². The Bertz CT molecular complexity index is 776. The van der Waals surface area contributed by atoms with E-state index >= 15 is 0 Å². The zero-order chi connectivity index (χ0) is 17.7. The highest BCUT2D eigenvalue weighted by molar-refractivity contribution is 6.32. The van der Waals surface area contributed by atoms with Crippen molar-refractivity contribution in [2.24, 2.45) is 0 Å². The van der Waals surface area contributed by atoms with Gasteiger partial charge in [-0.2, -0.15) is 0 Å². The molecule has 2 aromatic rings. The third-order valence-corrected chi connectivity index (χ3v) is 3.48. The summed E-state index contributed by atoms with van der Waals surface area (Å²) in [5.41, 5.74) is 0.606. The molecule has 0 bridgehead atoms. The second-order valence-electron chi connectivity index (χ2n) is 4.75. The Kier molecular flexibility index (Phi) is 5.65. The van der Waals surface area contributed by atoms with Crippen molar-refractivity contribution in [2.75, 3.05) is 19.0 Å². The average Bonchev–Trinajstić information content (AvgIpc) is 2.56. The smallest absolute Gasteiger partial charge is 0.335 e. The predicted octanol–water partition coefficient (Wildman–Crippen LogP) is 3.70. The lowest BCUT2D eigenvalue weighted by atomic mass is 10.1. The summed E-state index contributed by atoms with van der Waals surface area (Å²) in [6.45, 7) is 2.29. The van der Waals surface area contributed by atoms with Gasteiger partial charge in [-0.15, -0.1) is 0 Å². The van der Waals surface area contributed by atoms with Gasteiger partial charge in [-0.3, -0.25) is 4.79 Å². The largest absolute Gasteiger partial charge is 0.495 e. The van der Waals surface area contributed by atoms with Gasteiger partial charge in [0.05, 0.1) is 30.0 Å². The van der Waals surface area contributed by atoms with E-state index in [4.69, 9.17) is 26.2 Å². The van der Waals surface area contributed by atoms with E-state index in [0.29, 0.717) is 28.7 Å². The second kappa shape index (κ2) is 7.70. The van der Waals surface area contributed by atoms with Crippen molar-refractivity contribution in [2.45, 2.75) is 6.92 Å². The lowest BCUT2D eigenvalue weighted by Crippen LogP contribution is -2.13. The molecule has 6 nitrogen and oxygen atoms in total. The normalized spacial score (nSPS) is 10.1. The fourth-order valence-corrected chi connectivity index (χ4v) is 2.28. The molecule has 0 aromatic heterocycles. The van der Waals surface area contributed by atoms with Crippen LogP contribution in [-0.4, -0.2) is 30.7 Å². The number of carboxylic acid groups (broad SMARTS) is 1. The molecule has 2 rings (SSSR count). The highest BCUT2D eigenvalue weighted by atomic mass is 35.5. The fourth-order valence-electron chi connectivity index (χ4n) is 2.05. The maximum absolute atomic E-state index is 12.4. The first-order chi connectivity index (χ1) is 11.5. The minimum atomic E-state index is -1.10. The number of hydrogen-bond acceptors (Lipinski definition) is 4. The summed E-state index contributed by atoms with van der Waals surface area (Å²) < 4.78 is 10.5. The van der Waals surface area contributed by atoms with Gasteiger partial charge in [0.2, 0.25) is 0 Å². The van der Waals surface area contributed by atoms with E-state index in [2.05, 4.69) is 5.32 Å². The first kappa shape index (κ1) is 17.6. The van der Waals surface area contributed by atoms with Crippen molar-refractivity contribution < 1.29 is 24.2 Å². The molecule has 126 valence electrons.